The number of amides is 1. The summed E-state index contributed by atoms with van der Waals surface area (Å²) >= 11 is 1.35. The minimum absolute atomic E-state index is 0.0500. The van der Waals surface area contributed by atoms with Gasteiger partial charge in [0.15, 0.2) is 0 Å². The second kappa shape index (κ2) is 4.25. The molecule has 0 atom stereocenters. The number of carbonyl (C=O) groups excluding carboxylic acids is 1. The predicted octanol–water partition coefficient (Wildman–Crippen LogP) is 0.361. The molecular formula is C8H12N2O2S. The van der Waals surface area contributed by atoms with Crippen LogP contribution in [0, 0.1) is 6.92 Å². The first-order chi connectivity index (χ1) is 6.15. The number of hydrogen-bond acceptors (Lipinski definition) is 4. The molecule has 0 aliphatic heterocycles. The highest BCUT2D eigenvalue weighted by molar-refractivity contribution is 7.14. The summed E-state index contributed by atoms with van der Waals surface area (Å²) in [7, 11) is 0. The van der Waals surface area contributed by atoms with Gasteiger partial charge in [0, 0.05) is 17.1 Å². The molecule has 0 fully saturated rings. The third kappa shape index (κ3) is 2.43. The predicted molar refractivity (Wildman–Crippen MR) is 52.9 cm³/mol. The van der Waals surface area contributed by atoms with Crippen LogP contribution >= 0.6 is 11.3 Å². The van der Waals surface area contributed by atoms with Crippen molar-refractivity contribution in [2.75, 3.05) is 18.9 Å². The number of aliphatic hydroxyl groups is 1. The van der Waals surface area contributed by atoms with Crippen LogP contribution in [0.5, 0.6) is 0 Å². The summed E-state index contributed by atoms with van der Waals surface area (Å²) in [6.07, 6.45) is 0. The number of aryl methyl sites for hydroxylation is 1. The Morgan fingerprint density at radius 1 is 1.77 bits per heavy atom. The first kappa shape index (κ1) is 10.0. The highest BCUT2D eigenvalue weighted by Gasteiger charge is 2.09. The van der Waals surface area contributed by atoms with E-state index < -0.39 is 0 Å². The molecule has 0 unspecified atom stereocenters. The maximum atomic E-state index is 11.3. The first-order valence-corrected chi connectivity index (χ1v) is 4.71. The lowest BCUT2D eigenvalue weighted by molar-refractivity contribution is 0.0949. The van der Waals surface area contributed by atoms with E-state index in [4.69, 9.17) is 10.8 Å². The monoisotopic (exact) mass is 200 g/mol. The molecule has 0 bridgehead atoms. The highest BCUT2D eigenvalue weighted by atomic mass is 32.1. The fourth-order valence-corrected chi connectivity index (χ4v) is 1.72. The SMILES string of the molecule is Cc1sc(C(=O)NCCO)cc1N. The molecule has 1 rings (SSSR count). The Balaban J connectivity index is 2.66. The molecule has 0 spiro atoms. The summed E-state index contributed by atoms with van der Waals surface area (Å²) < 4.78 is 0. The molecule has 5 heteroatoms. The van der Waals surface area contributed by atoms with Gasteiger partial charge in [0.2, 0.25) is 0 Å². The molecule has 1 heterocycles. The maximum Gasteiger partial charge on any atom is 0.261 e. The molecule has 72 valence electrons. The number of nitrogens with one attached hydrogen (secondary N) is 1. The van der Waals surface area contributed by atoms with Crippen molar-refractivity contribution < 1.29 is 9.90 Å². The van der Waals surface area contributed by atoms with Crippen molar-refractivity contribution in [2.24, 2.45) is 0 Å². The number of nitrogen functional groups attached to an aromatic ring is 1. The Morgan fingerprint density at radius 3 is 2.92 bits per heavy atom. The van der Waals surface area contributed by atoms with Gasteiger partial charge in [-0.25, -0.2) is 0 Å². The smallest absolute Gasteiger partial charge is 0.261 e. The molecule has 1 aromatic rings. The zero-order chi connectivity index (χ0) is 9.84. The molecule has 4 nitrogen and oxygen atoms in total. The van der Waals surface area contributed by atoms with E-state index in [1.54, 1.807) is 6.07 Å². The molecule has 0 saturated heterocycles. The Bertz CT molecular complexity index is 290. The van der Waals surface area contributed by atoms with E-state index in [0.717, 1.165) is 4.88 Å². The topological polar surface area (TPSA) is 75.3 Å². The van der Waals surface area contributed by atoms with Gasteiger partial charge in [-0.05, 0) is 13.0 Å². The lowest BCUT2D eigenvalue weighted by Crippen LogP contribution is -2.25. The van der Waals surface area contributed by atoms with Crippen molar-refractivity contribution >= 4 is 22.9 Å². The van der Waals surface area contributed by atoms with Crippen molar-refractivity contribution in [2.45, 2.75) is 6.92 Å². The normalized spacial score (nSPS) is 10.0. The Hall–Kier alpha value is -1.07. The average Bonchev–Trinajstić information content (AvgIpc) is 2.43. The fraction of sp³-hybridized carbons (Fsp3) is 0.375. The van der Waals surface area contributed by atoms with Gasteiger partial charge < -0.3 is 16.2 Å². The number of hydrogen-bond donors (Lipinski definition) is 3. The minimum Gasteiger partial charge on any atom is -0.398 e. The summed E-state index contributed by atoms with van der Waals surface area (Å²) in [5.74, 6) is -0.182. The second-order valence-corrected chi connectivity index (χ2v) is 3.86. The van der Waals surface area contributed by atoms with Gasteiger partial charge in [0.05, 0.1) is 11.5 Å². The van der Waals surface area contributed by atoms with Crippen LogP contribution < -0.4 is 11.1 Å². The van der Waals surface area contributed by atoms with E-state index in [2.05, 4.69) is 5.32 Å². The molecule has 13 heavy (non-hydrogen) atoms. The third-order valence-corrected chi connectivity index (χ3v) is 2.64. The zero-order valence-corrected chi connectivity index (χ0v) is 8.15. The molecular weight excluding hydrogens is 188 g/mol. The summed E-state index contributed by atoms with van der Waals surface area (Å²) in [6, 6.07) is 1.65. The Morgan fingerprint density at radius 2 is 2.46 bits per heavy atom. The quantitative estimate of drug-likeness (QED) is 0.659. The molecule has 0 radical (unpaired) electrons. The number of nitrogens with two attached hydrogens (primary N) is 1. The molecule has 0 aliphatic carbocycles. The molecule has 4 N–H and O–H groups in total. The maximum absolute atomic E-state index is 11.3. The third-order valence-electron chi connectivity index (χ3n) is 1.58. The Kier molecular flexibility index (Phi) is 3.27. The molecule has 1 amide bonds. The summed E-state index contributed by atoms with van der Waals surface area (Å²) in [4.78, 5) is 12.8. The number of thiophene rings is 1. The lowest BCUT2D eigenvalue weighted by Gasteiger charge is -1.98. The van der Waals surface area contributed by atoms with E-state index in [-0.39, 0.29) is 19.1 Å². The molecule has 0 aliphatic rings. The summed E-state index contributed by atoms with van der Waals surface area (Å²) in [6.45, 7) is 2.09. The van der Waals surface area contributed by atoms with Crippen LogP contribution in [0.4, 0.5) is 5.69 Å². The standard InChI is InChI=1S/C8H12N2O2S/c1-5-6(9)4-7(13-5)8(12)10-2-3-11/h4,11H,2-3,9H2,1H3,(H,10,12). The van der Waals surface area contributed by atoms with Crippen LogP contribution in [-0.4, -0.2) is 24.2 Å². The van der Waals surface area contributed by atoms with Gasteiger partial charge in [-0.1, -0.05) is 0 Å². The van der Waals surface area contributed by atoms with Crippen molar-refractivity contribution in [1.29, 1.82) is 0 Å². The van der Waals surface area contributed by atoms with Crippen molar-refractivity contribution in [3.63, 3.8) is 0 Å². The van der Waals surface area contributed by atoms with E-state index in [9.17, 15) is 4.79 Å². The highest BCUT2D eigenvalue weighted by Crippen LogP contribution is 2.22. The van der Waals surface area contributed by atoms with Crippen LogP contribution in [0.15, 0.2) is 6.07 Å². The minimum atomic E-state index is -0.182. The van der Waals surface area contributed by atoms with Gasteiger partial charge in [0.25, 0.3) is 5.91 Å². The van der Waals surface area contributed by atoms with Crippen LogP contribution in [0.1, 0.15) is 14.5 Å². The number of rotatable bonds is 3. The van der Waals surface area contributed by atoms with Crippen molar-refractivity contribution in [1.82, 2.24) is 5.32 Å². The van der Waals surface area contributed by atoms with Gasteiger partial charge in [-0.3, -0.25) is 4.79 Å². The van der Waals surface area contributed by atoms with E-state index in [1.807, 2.05) is 6.92 Å². The van der Waals surface area contributed by atoms with E-state index in [1.165, 1.54) is 11.3 Å². The van der Waals surface area contributed by atoms with Crippen LogP contribution in [0.3, 0.4) is 0 Å². The Labute approximate surface area is 80.4 Å². The van der Waals surface area contributed by atoms with Gasteiger partial charge >= 0.3 is 0 Å². The van der Waals surface area contributed by atoms with E-state index in [0.29, 0.717) is 10.6 Å². The first-order valence-electron chi connectivity index (χ1n) is 3.90. The second-order valence-electron chi connectivity index (χ2n) is 2.60. The van der Waals surface area contributed by atoms with Gasteiger partial charge in [-0.15, -0.1) is 11.3 Å². The average molecular weight is 200 g/mol. The fourth-order valence-electron chi connectivity index (χ4n) is 0.865. The van der Waals surface area contributed by atoms with Crippen molar-refractivity contribution in [3.05, 3.63) is 15.8 Å². The summed E-state index contributed by atoms with van der Waals surface area (Å²) in [5, 5.41) is 11.0. The molecule has 1 aromatic heterocycles. The molecule has 0 saturated carbocycles. The van der Waals surface area contributed by atoms with Crippen LogP contribution in [0.25, 0.3) is 0 Å². The summed E-state index contributed by atoms with van der Waals surface area (Å²) in [5.41, 5.74) is 6.23. The number of aliphatic hydroxyl groups excluding tert-OH is 1. The van der Waals surface area contributed by atoms with Crippen LogP contribution in [0.2, 0.25) is 0 Å². The zero-order valence-electron chi connectivity index (χ0n) is 7.33. The van der Waals surface area contributed by atoms with Crippen LogP contribution in [-0.2, 0) is 0 Å². The number of carbonyl (C=O) groups is 1. The van der Waals surface area contributed by atoms with Crippen molar-refractivity contribution in [3.8, 4) is 0 Å². The largest absolute Gasteiger partial charge is 0.398 e. The lowest BCUT2D eigenvalue weighted by atomic mass is 10.3. The van der Waals surface area contributed by atoms with E-state index >= 15 is 0 Å². The van der Waals surface area contributed by atoms with Gasteiger partial charge in [-0.2, -0.15) is 0 Å². The molecule has 0 aromatic carbocycles. The van der Waals surface area contributed by atoms with Gasteiger partial charge in [0.1, 0.15) is 0 Å². The number of anilines is 1.